The lowest BCUT2D eigenvalue weighted by molar-refractivity contribution is 0.00235. The molecule has 6 rings (SSSR count). The van der Waals surface area contributed by atoms with Crippen molar-refractivity contribution in [1.29, 1.82) is 5.26 Å². The molecule has 5 heterocycles. The zero-order valence-corrected chi connectivity index (χ0v) is 23.9. The number of benzene rings is 1. The Morgan fingerprint density at radius 3 is 2.61 bits per heavy atom. The monoisotopic (exact) mass is 572 g/mol. The van der Waals surface area contributed by atoms with Gasteiger partial charge in [-0.05, 0) is 55.3 Å². The summed E-state index contributed by atoms with van der Waals surface area (Å²) in [5, 5.41) is 11.4. The molecule has 1 spiro atoms. The summed E-state index contributed by atoms with van der Waals surface area (Å²) in [4.78, 5) is 14.7. The van der Waals surface area contributed by atoms with Crippen molar-refractivity contribution in [3.63, 3.8) is 0 Å². The minimum Gasteiger partial charge on any atom is -0.304 e. The predicted octanol–water partition coefficient (Wildman–Crippen LogP) is 3.97. The standard InChI is InChI=1S/C25H29FN8OS3/c1-4-18-21(31(2)22-29-20(19(13-27)36-22)16-5-7-17(26)8-6-16)34-23(28-18)37-24(30-34)32-11-9-25(10-12-32)14-33(15-25)38(3)35/h5-8,24,30H,4,9-12,14-15H2,1-3H3. The van der Waals surface area contributed by atoms with E-state index in [9.17, 15) is 13.9 Å². The number of anilines is 2. The van der Waals surface area contributed by atoms with Crippen molar-refractivity contribution in [2.24, 2.45) is 5.41 Å². The minimum atomic E-state index is -0.873. The molecule has 2 saturated heterocycles. The number of likely N-dealkylation sites (tertiary alicyclic amines) is 1. The maximum atomic E-state index is 13.5. The topological polar surface area (TPSA) is 93.3 Å². The average molecular weight is 573 g/mol. The highest BCUT2D eigenvalue weighted by Crippen LogP contribution is 2.44. The Balaban J connectivity index is 1.20. The summed E-state index contributed by atoms with van der Waals surface area (Å²) in [6.45, 7) is 5.93. The number of hydrogen-bond donors (Lipinski definition) is 1. The van der Waals surface area contributed by atoms with Gasteiger partial charge in [0.2, 0.25) is 0 Å². The molecule has 3 aliphatic rings. The molecule has 2 aromatic heterocycles. The van der Waals surface area contributed by atoms with Gasteiger partial charge in [-0.1, -0.05) is 18.3 Å². The molecular weight excluding hydrogens is 544 g/mol. The Morgan fingerprint density at radius 1 is 1.26 bits per heavy atom. The van der Waals surface area contributed by atoms with E-state index in [1.807, 2.05) is 11.9 Å². The fraction of sp³-hybridized carbons (Fsp3) is 0.480. The third-order valence-electron chi connectivity index (χ3n) is 7.70. The lowest BCUT2D eigenvalue weighted by Gasteiger charge is -2.53. The lowest BCUT2D eigenvalue weighted by Crippen LogP contribution is -2.61. The normalized spacial score (nSPS) is 21.5. The van der Waals surface area contributed by atoms with Crippen molar-refractivity contribution >= 4 is 45.0 Å². The van der Waals surface area contributed by atoms with Gasteiger partial charge in [0.1, 0.15) is 28.0 Å². The van der Waals surface area contributed by atoms with Gasteiger partial charge in [-0.3, -0.25) is 10.3 Å². The molecule has 38 heavy (non-hydrogen) atoms. The van der Waals surface area contributed by atoms with Gasteiger partial charge in [-0.2, -0.15) is 5.26 Å². The number of halogens is 1. The van der Waals surface area contributed by atoms with Crippen molar-refractivity contribution in [3.8, 4) is 17.3 Å². The largest absolute Gasteiger partial charge is 0.304 e. The Kier molecular flexibility index (Phi) is 6.72. The molecule has 2 unspecified atom stereocenters. The van der Waals surface area contributed by atoms with Crippen LogP contribution in [0.1, 0.15) is 30.3 Å². The summed E-state index contributed by atoms with van der Waals surface area (Å²) in [7, 11) is 1.07. The van der Waals surface area contributed by atoms with Crippen LogP contribution in [0.15, 0.2) is 29.4 Å². The molecular formula is C25H29FN8OS3. The van der Waals surface area contributed by atoms with Crippen LogP contribution >= 0.6 is 23.1 Å². The molecule has 1 aromatic carbocycles. The number of hydrogen-bond acceptors (Lipinski definition) is 9. The molecule has 2 fully saturated rings. The number of fused-ring (bicyclic) bond motifs is 1. The highest BCUT2D eigenvalue weighted by atomic mass is 32.2. The molecule has 3 aromatic rings. The van der Waals surface area contributed by atoms with Crippen molar-refractivity contribution in [2.45, 2.75) is 36.8 Å². The summed E-state index contributed by atoms with van der Waals surface area (Å²) in [6.07, 6.45) is 4.74. The summed E-state index contributed by atoms with van der Waals surface area (Å²) >= 11 is 3.04. The van der Waals surface area contributed by atoms with Gasteiger partial charge in [-0.25, -0.2) is 27.5 Å². The Labute approximate surface area is 232 Å². The van der Waals surface area contributed by atoms with Crippen LogP contribution in [0.25, 0.3) is 11.3 Å². The predicted molar refractivity (Wildman–Crippen MR) is 150 cm³/mol. The van der Waals surface area contributed by atoms with Gasteiger partial charge >= 0.3 is 0 Å². The molecule has 200 valence electrons. The van der Waals surface area contributed by atoms with Gasteiger partial charge in [0.05, 0.1) is 16.7 Å². The van der Waals surface area contributed by atoms with E-state index >= 15 is 0 Å². The quantitative estimate of drug-likeness (QED) is 0.474. The van der Waals surface area contributed by atoms with Gasteiger partial charge in [0.15, 0.2) is 16.1 Å². The lowest BCUT2D eigenvalue weighted by atomic mass is 9.73. The number of rotatable bonds is 6. The van der Waals surface area contributed by atoms with E-state index in [0.29, 0.717) is 26.7 Å². The third-order valence-corrected chi connectivity index (χ3v) is 10.8. The maximum Gasteiger partial charge on any atom is 0.192 e. The molecule has 0 saturated carbocycles. The van der Waals surface area contributed by atoms with E-state index in [1.54, 1.807) is 30.2 Å². The van der Waals surface area contributed by atoms with Crippen molar-refractivity contribution in [2.75, 3.05) is 49.8 Å². The SMILES string of the molecule is CCc1nc2n(c1N(C)c1nc(-c3ccc(F)cc3)c(C#N)s1)NC(N1CCC3(CC1)CN(S(C)=O)C3)S2. The van der Waals surface area contributed by atoms with E-state index in [0.717, 1.165) is 62.1 Å². The summed E-state index contributed by atoms with van der Waals surface area (Å²) in [5.41, 5.74) is 6.28. The second kappa shape index (κ2) is 9.91. The van der Waals surface area contributed by atoms with E-state index in [1.165, 1.54) is 23.5 Å². The first kappa shape index (κ1) is 25.8. The number of imidazole rings is 1. The molecule has 0 radical (unpaired) electrons. The molecule has 0 bridgehead atoms. The number of nitrogens with one attached hydrogen (secondary N) is 1. The Morgan fingerprint density at radius 2 is 1.97 bits per heavy atom. The number of aromatic nitrogens is 3. The zero-order chi connectivity index (χ0) is 26.6. The summed E-state index contributed by atoms with van der Waals surface area (Å²) in [5.74, 6) is 0.589. The van der Waals surface area contributed by atoms with Gasteiger partial charge in [-0.15, -0.1) is 0 Å². The first-order chi connectivity index (χ1) is 18.3. The average Bonchev–Trinajstić information content (AvgIpc) is 3.60. The van der Waals surface area contributed by atoms with Gasteiger partial charge in [0, 0.05) is 50.5 Å². The van der Waals surface area contributed by atoms with Crippen molar-refractivity contribution in [1.82, 2.24) is 23.8 Å². The highest BCUT2D eigenvalue weighted by molar-refractivity contribution is 8.00. The van der Waals surface area contributed by atoms with Crippen LogP contribution in [0, 0.1) is 22.6 Å². The van der Waals surface area contributed by atoms with E-state index < -0.39 is 11.0 Å². The number of thiazole rings is 1. The number of thioether (sulfide) groups is 1. The summed E-state index contributed by atoms with van der Waals surface area (Å²) < 4.78 is 29.3. The molecule has 3 aliphatic heterocycles. The fourth-order valence-electron chi connectivity index (χ4n) is 5.46. The zero-order valence-electron chi connectivity index (χ0n) is 21.5. The van der Waals surface area contributed by atoms with Crippen LogP contribution in [-0.4, -0.2) is 73.0 Å². The number of piperidine rings is 1. The van der Waals surface area contributed by atoms with E-state index in [4.69, 9.17) is 9.97 Å². The van der Waals surface area contributed by atoms with Gasteiger partial charge in [0.25, 0.3) is 0 Å². The van der Waals surface area contributed by atoms with E-state index in [2.05, 4.69) is 32.3 Å². The first-order valence-corrected chi connectivity index (χ1v) is 15.8. The first-order valence-electron chi connectivity index (χ1n) is 12.6. The molecule has 0 amide bonds. The van der Waals surface area contributed by atoms with Crippen LogP contribution in [0.4, 0.5) is 15.3 Å². The molecule has 13 heteroatoms. The van der Waals surface area contributed by atoms with Crippen molar-refractivity contribution < 1.29 is 8.60 Å². The van der Waals surface area contributed by atoms with Gasteiger partial charge < -0.3 is 4.90 Å². The molecule has 1 N–H and O–H groups in total. The smallest absolute Gasteiger partial charge is 0.192 e. The highest BCUT2D eigenvalue weighted by Gasteiger charge is 2.47. The van der Waals surface area contributed by atoms with E-state index in [-0.39, 0.29) is 11.3 Å². The summed E-state index contributed by atoms with van der Waals surface area (Å²) in [6, 6.07) is 8.32. The Bertz CT molecular complexity index is 1420. The van der Waals surface area contributed by atoms with Crippen LogP contribution in [-0.2, 0) is 17.4 Å². The van der Waals surface area contributed by atoms with Crippen LogP contribution in [0.3, 0.4) is 0 Å². The van der Waals surface area contributed by atoms with Crippen LogP contribution in [0.2, 0.25) is 0 Å². The maximum absolute atomic E-state index is 13.5. The minimum absolute atomic E-state index is 0.0881. The molecule has 2 atom stereocenters. The Hall–Kier alpha value is -2.50. The number of nitriles is 1. The fourth-order valence-corrected chi connectivity index (χ4v) is 8.34. The number of nitrogens with zero attached hydrogens (tertiary/aromatic N) is 7. The second-order valence-corrected chi connectivity index (χ2v) is 13.5. The van der Waals surface area contributed by atoms with Crippen LogP contribution < -0.4 is 10.3 Å². The second-order valence-electron chi connectivity index (χ2n) is 10.1. The number of aryl methyl sites for hydroxylation is 1. The molecule has 0 aliphatic carbocycles. The van der Waals surface area contributed by atoms with Crippen molar-refractivity contribution in [3.05, 3.63) is 40.7 Å². The van der Waals surface area contributed by atoms with Crippen LogP contribution in [0.5, 0.6) is 0 Å². The third kappa shape index (κ3) is 4.42. The molecule has 9 nitrogen and oxygen atoms in total.